The molecule has 1 aromatic carbocycles. The molecule has 0 saturated carbocycles. The maximum absolute atomic E-state index is 12.4. The maximum atomic E-state index is 12.4. The zero-order valence-corrected chi connectivity index (χ0v) is 18.9. The van der Waals surface area contributed by atoms with E-state index >= 15 is 0 Å². The van der Waals surface area contributed by atoms with Gasteiger partial charge >= 0.3 is 0 Å². The number of carbonyl (C=O) groups excluding carboxylic acids is 2. The Morgan fingerprint density at radius 1 is 1.25 bits per heavy atom. The lowest BCUT2D eigenvalue weighted by Crippen LogP contribution is -2.28. The van der Waals surface area contributed by atoms with Crippen molar-refractivity contribution in [3.05, 3.63) is 59.5 Å². The fraction of sp³-hybridized carbons (Fsp3) is 0.304. The van der Waals surface area contributed by atoms with Gasteiger partial charge in [0.1, 0.15) is 17.7 Å². The number of hydrogen-bond donors (Lipinski definition) is 1. The van der Waals surface area contributed by atoms with E-state index in [2.05, 4.69) is 15.3 Å². The third-order valence-electron chi connectivity index (χ3n) is 5.26. The molecule has 4 rings (SSSR count). The van der Waals surface area contributed by atoms with E-state index < -0.39 is 6.10 Å². The second-order valence-electron chi connectivity index (χ2n) is 7.33. The number of nitrogens with one attached hydrogen (secondary N) is 1. The standard InChI is InChI=1S/C23H24N4O4S/c1-27-8-6-14-10-15(4-5-18(14)27)22(28)24-7-9-32-13-21-25-17-12-20(31-3)19(30-2)11-16(17)23(29)26-21/h4-6,8,10-12,19H,7,9,13H2,1-3H3,(H,24,28). The van der Waals surface area contributed by atoms with Crippen molar-refractivity contribution < 1.29 is 19.1 Å². The highest BCUT2D eigenvalue weighted by Gasteiger charge is 2.28. The molecule has 9 heteroatoms. The lowest BCUT2D eigenvalue weighted by molar-refractivity contribution is -0.114. The second kappa shape index (κ2) is 9.54. The normalized spacial score (nSPS) is 17.8. The van der Waals surface area contributed by atoms with Crippen LogP contribution in [0.1, 0.15) is 10.4 Å². The Kier molecular flexibility index (Phi) is 6.57. The van der Waals surface area contributed by atoms with Crippen LogP contribution < -0.4 is 5.32 Å². The molecule has 0 radical (unpaired) electrons. The highest BCUT2D eigenvalue weighted by Crippen LogP contribution is 2.23. The summed E-state index contributed by atoms with van der Waals surface area (Å²) in [6, 6.07) is 7.65. The van der Waals surface area contributed by atoms with Gasteiger partial charge in [-0.2, -0.15) is 16.8 Å². The molecule has 1 aliphatic carbocycles. The van der Waals surface area contributed by atoms with E-state index in [0.29, 0.717) is 46.5 Å². The van der Waals surface area contributed by atoms with Gasteiger partial charge in [0.2, 0.25) is 0 Å². The van der Waals surface area contributed by atoms with Crippen LogP contribution in [0.2, 0.25) is 0 Å². The van der Waals surface area contributed by atoms with Crippen molar-refractivity contribution in [2.45, 2.75) is 6.10 Å². The summed E-state index contributed by atoms with van der Waals surface area (Å²) in [5, 5.41) is 3.96. The zero-order chi connectivity index (χ0) is 22.7. The lowest BCUT2D eigenvalue weighted by Gasteiger charge is -2.22. The molecule has 8 nitrogen and oxygen atoms in total. The molecule has 1 atom stereocenters. The second-order valence-corrected chi connectivity index (χ2v) is 8.43. The number of hydrogen-bond acceptors (Lipinski definition) is 6. The quantitative estimate of drug-likeness (QED) is 0.621. The number of fused-ring (bicyclic) bond motifs is 2. The number of aliphatic imine (C=N–C) groups is 2. The monoisotopic (exact) mass is 452 g/mol. The average molecular weight is 453 g/mol. The Morgan fingerprint density at radius 2 is 2.09 bits per heavy atom. The van der Waals surface area contributed by atoms with Gasteiger partial charge in [-0.1, -0.05) is 0 Å². The number of benzene rings is 1. The van der Waals surface area contributed by atoms with E-state index in [-0.39, 0.29) is 11.8 Å². The molecule has 2 aromatic rings. The highest BCUT2D eigenvalue weighted by atomic mass is 32.2. The number of nitrogens with zero attached hydrogens (tertiary/aromatic N) is 3. The molecule has 0 bridgehead atoms. The van der Waals surface area contributed by atoms with Crippen molar-refractivity contribution in [1.82, 2.24) is 9.88 Å². The van der Waals surface area contributed by atoms with Crippen molar-refractivity contribution in [2.75, 3.05) is 32.3 Å². The van der Waals surface area contributed by atoms with Gasteiger partial charge in [-0.25, -0.2) is 4.99 Å². The molecule has 1 unspecified atom stereocenters. The van der Waals surface area contributed by atoms with E-state index in [1.54, 1.807) is 38.1 Å². The Bertz CT molecular complexity index is 1190. The number of allylic oxidation sites excluding steroid dienone is 1. The largest absolute Gasteiger partial charge is 0.498 e. The Morgan fingerprint density at radius 3 is 2.88 bits per heavy atom. The fourth-order valence-electron chi connectivity index (χ4n) is 3.58. The molecule has 1 aliphatic heterocycles. The summed E-state index contributed by atoms with van der Waals surface area (Å²) >= 11 is 1.55. The SMILES string of the molecule is COC1=CC2=NC(CSCCNC(=O)c3ccc4c(ccn4C)c3)=NC(=O)C2=CC1OC. The van der Waals surface area contributed by atoms with Gasteiger partial charge in [0.05, 0.1) is 24.1 Å². The summed E-state index contributed by atoms with van der Waals surface area (Å²) in [6.45, 7) is 0.503. The average Bonchev–Trinajstić information content (AvgIpc) is 3.18. The number of ether oxygens (including phenoxy) is 2. The van der Waals surface area contributed by atoms with Gasteiger partial charge in [-0.3, -0.25) is 9.59 Å². The number of aryl methyl sites for hydroxylation is 1. The number of amidine groups is 1. The lowest BCUT2D eigenvalue weighted by atomic mass is 9.99. The Hall–Kier alpha value is -3.17. The minimum absolute atomic E-state index is 0.108. The molecule has 2 amide bonds. The molecule has 2 aliphatic rings. The molecular weight excluding hydrogens is 428 g/mol. The van der Waals surface area contributed by atoms with Crippen molar-refractivity contribution in [2.24, 2.45) is 17.0 Å². The number of aromatic nitrogens is 1. The van der Waals surface area contributed by atoms with E-state index in [1.165, 1.54) is 0 Å². The molecule has 1 N–H and O–H groups in total. The topological polar surface area (TPSA) is 94.3 Å². The number of carbonyl (C=O) groups is 2. The van der Waals surface area contributed by atoms with Crippen molar-refractivity contribution in [1.29, 1.82) is 0 Å². The summed E-state index contributed by atoms with van der Waals surface area (Å²) in [7, 11) is 5.08. The minimum Gasteiger partial charge on any atom is -0.498 e. The molecule has 1 aromatic heterocycles. The van der Waals surface area contributed by atoms with Crippen LogP contribution in [-0.2, 0) is 21.3 Å². The molecule has 32 heavy (non-hydrogen) atoms. The minimum atomic E-state index is -0.421. The van der Waals surface area contributed by atoms with E-state index in [0.717, 1.165) is 10.9 Å². The Balaban J connectivity index is 1.28. The molecule has 0 spiro atoms. The van der Waals surface area contributed by atoms with E-state index in [9.17, 15) is 9.59 Å². The van der Waals surface area contributed by atoms with E-state index in [4.69, 9.17) is 9.47 Å². The van der Waals surface area contributed by atoms with Crippen LogP contribution in [0, 0.1) is 0 Å². The third-order valence-corrected chi connectivity index (χ3v) is 6.22. The van der Waals surface area contributed by atoms with Gasteiger partial charge in [0, 0.05) is 55.2 Å². The van der Waals surface area contributed by atoms with Crippen LogP contribution in [0.25, 0.3) is 10.9 Å². The van der Waals surface area contributed by atoms with Crippen LogP contribution in [0.4, 0.5) is 0 Å². The molecule has 0 saturated heterocycles. The maximum Gasteiger partial charge on any atom is 0.280 e. The van der Waals surface area contributed by atoms with Crippen LogP contribution >= 0.6 is 11.8 Å². The molecule has 2 heterocycles. The highest BCUT2D eigenvalue weighted by molar-refractivity contribution is 8.00. The first kappa shape index (κ1) is 22.0. The summed E-state index contributed by atoms with van der Waals surface area (Å²) in [5.74, 6) is 1.75. The molecule has 0 fully saturated rings. The molecular formula is C23H24N4O4S. The predicted octanol–water partition coefficient (Wildman–Crippen LogP) is 2.51. The molecule has 166 valence electrons. The smallest absolute Gasteiger partial charge is 0.280 e. The first-order valence-corrected chi connectivity index (χ1v) is 11.3. The summed E-state index contributed by atoms with van der Waals surface area (Å²) < 4.78 is 12.7. The fourth-order valence-corrected chi connectivity index (χ4v) is 4.28. The number of methoxy groups -OCH3 is 2. The number of thioether (sulfide) groups is 1. The zero-order valence-electron chi connectivity index (χ0n) is 18.1. The first-order chi connectivity index (χ1) is 15.5. The summed E-state index contributed by atoms with van der Waals surface area (Å²) in [4.78, 5) is 33.4. The first-order valence-electron chi connectivity index (χ1n) is 10.1. The number of amides is 2. The predicted molar refractivity (Wildman–Crippen MR) is 126 cm³/mol. The van der Waals surface area contributed by atoms with Crippen LogP contribution in [-0.4, -0.2) is 66.3 Å². The summed E-state index contributed by atoms with van der Waals surface area (Å²) in [5.41, 5.74) is 2.68. The van der Waals surface area contributed by atoms with Gasteiger partial charge < -0.3 is 19.4 Å². The third kappa shape index (κ3) is 4.53. The van der Waals surface area contributed by atoms with Crippen LogP contribution in [0.5, 0.6) is 0 Å². The van der Waals surface area contributed by atoms with Gasteiger partial charge in [0.25, 0.3) is 11.8 Å². The van der Waals surface area contributed by atoms with Crippen LogP contribution in [0.15, 0.2) is 63.9 Å². The van der Waals surface area contributed by atoms with Crippen LogP contribution in [0.3, 0.4) is 0 Å². The van der Waals surface area contributed by atoms with Gasteiger partial charge in [-0.15, -0.1) is 0 Å². The van der Waals surface area contributed by atoms with Gasteiger partial charge in [0.15, 0.2) is 0 Å². The van der Waals surface area contributed by atoms with Crippen molar-refractivity contribution in [3.8, 4) is 0 Å². The Labute approximate surface area is 190 Å². The van der Waals surface area contributed by atoms with Crippen molar-refractivity contribution >= 4 is 46.0 Å². The van der Waals surface area contributed by atoms with E-state index in [1.807, 2.05) is 42.1 Å². The van der Waals surface area contributed by atoms with Gasteiger partial charge in [-0.05, 0) is 30.3 Å². The van der Waals surface area contributed by atoms with Crippen molar-refractivity contribution in [3.63, 3.8) is 0 Å². The number of rotatable bonds is 8. The summed E-state index contributed by atoms with van der Waals surface area (Å²) in [6.07, 6.45) is 4.94.